The second-order valence-corrected chi connectivity index (χ2v) is 5.42. The number of hydrogen-bond donors (Lipinski definition) is 3. The minimum Gasteiger partial charge on any atom is -0.326 e. The Morgan fingerprint density at radius 1 is 1.20 bits per heavy atom. The van der Waals surface area contributed by atoms with Gasteiger partial charge in [0.1, 0.15) is 0 Å². The fourth-order valence-electron chi connectivity index (χ4n) is 2.18. The Labute approximate surface area is 119 Å². The number of rotatable bonds is 4. The Balaban J connectivity index is 1.96. The highest BCUT2D eigenvalue weighted by Gasteiger charge is 2.36. The van der Waals surface area contributed by atoms with E-state index in [0.29, 0.717) is 13.0 Å². The van der Waals surface area contributed by atoms with Crippen LogP contribution >= 0.6 is 0 Å². The van der Waals surface area contributed by atoms with E-state index in [1.807, 2.05) is 6.92 Å². The highest BCUT2D eigenvalue weighted by Crippen LogP contribution is 2.26. The number of carbonyl (C=O) groups is 2. The molecule has 0 bridgehead atoms. The average molecular weight is 275 g/mol. The van der Waals surface area contributed by atoms with Crippen molar-refractivity contribution < 1.29 is 9.59 Å². The Hall–Kier alpha value is -1.88. The van der Waals surface area contributed by atoms with E-state index in [9.17, 15) is 9.59 Å². The molecule has 5 heteroatoms. The van der Waals surface area contributed by atoms with E-state index >= 15 is 0 Å². The molecule has 1 aromatic rings. The number of amides is 2. The van der Waals surface area contributed by atoms with Crippen molar-refractivity contribution in [2.24, 2.45) is 5.41 Å². The van der Waals surface area contributed by atoms with Gasteiger partial charge in [-0.1, -0.05) is 6.92 Å². The quantitative estimate of drug-likeness (QED) is 0.787. The molecule has 0 spiro atoms. The molecule has 0 saturated carbocycles. The van der Waals surface area contributed by atoms with Gasteiger partial charge in [0.2, 0.25) is 11.8 Å². The highest BCUT2D eigenvalue weighted by molar-refractivity contribution is 5.96. The smallest absolute Gasteiger partial charge is 0.231 e. The third-order valence-corrected chi connectivity index (χ3v) is 3.66. The topological polar surface area (TPSA) is 70.2 Å². The van der Waals surface area contributed by atoms with Gasteiger partial charge in [0.15, 0.2) is 0 Å². The van der Waals surface area contributed by atoms with Crippen molar-refractivity contribution in [1.82, 2.24) is 5.32 Å². The van der Waals surface area contributed by atoms with Crippen molar-refractivity contribution in [3.63, 3.8) is 0 Å². The van der Waals surface area contributed by atoms with Gasteiger partial charge < -0.3 is 16.0 Å². The predicted octanol–water partition coefficient (Wildman–Crippen LogP) is 1.97. The van der Waals surface area contributed by atoms with E-state index in [4.69, 9.17) is 0 Å². The van der Waals surface area contributed by atoms with Gasteiger partial charge in [-0.3, -0.25) is 9.59 Å². The normalized spacial score (nSPS) is 21.5. The standard InChI is InChI=1S/C15H21N3O2/c1-3-13(19)17-11-4-6-12(7-5-11)18-14(20)15(2)8-9-16-10-15/h4-7,16H,3,8-10H2,1-2H3,(H,17,19)(H,18,20). The summed E-state index contributed by atoms with van der Waals surface area (Å²) in [6.07, 6.45) is 1.30. The lowest BCUT2D eigenvalue weighted by molar-refractivity contribution is -0.123. The van der Waals surface area contributed by atoms with Gasteiger partial charge in [0, 0.05) is 24.3 Å². The molecule has 0 aromatic heterocycles. The van der Waals surface area contributed by atoms with Crippen LogP contribution in [0.3, 0.4) is 0 Å². The summed E-state index contributed by atoms with van der Waals surface area (Å²) in [6.45, 7) is 5.37. The number of carbonyl (C=O) groups excluding carboxylic acids is 2. The summed E-state index contributed by atoms with van der Waals surface area (Å²) in [5.41, 5.74) is 1.15. The SMILES string of the molecule is CCC(=O)Nc1ccc(NC(=O)C2(C)CCNC2)cc1. The van der Waals surface area contributed by atoms with E-state index in [1.165, 1.54) is 0 Å². The molecular weight excluding hydrogens is 254 g/mol. The van der Waals surface area contributed by atoms with Gasteiger partial charge >= 0.3 is 0 Å². The number of benzene rings is 1. The summed E-state index contributed by atoms with van der Waals surface area (Å²) in [5.74, 6) is 0.0131. The zero-order valence-corrected chi connectivity index (χ0v) is 12.0. The summed E-state index contributed by atoms with van der Waals surface area (Å²) in [4.78, 5) is 23.5. The maximum atomic E-state index is 12.2. The zero-order chi connectivity index (χ0) is 14.6. The van der Waals surface area contributed by atoms with Crippen molar-refractivity contribution in [2.45, 2.75) is 26.7 Å². The molecule has 0 aliphatic carbocycles. The maximum Gasteiger partial charge on any atom is 0.231 e. The summed E-state index contributed by atoms with van der Waals surface area (Å²) in [5, 5.41) is 8.91. The molecule has 1 atom stereocenters. The first-order chi connectivity index (χ1) is 9.53. The summed E-state index contributed by atoms with van der Waals surface area (Å²) < 4.78 is 0. The van der Waals surface area contributed by atoms with Crippen molar-refractivity contribution in [3.8, 4) is 0 Å². The molecule has 2 amide bonds. The lowest BCUT2D eigenvalue weighted by Crippen LogP contribution is -2.35. The molecule has 1 aliphatic rings. The van der Waals surface area contributed by atoms with Gasteiger partial charge in [-0.15, -0.1) is 0 Å². The molecule has 1 heterocycles. The molecule has 3 N–H and O–H groups in total. The first kappa shape index (κ1) is 14.5. The molecule has 1 saturated heterocycles. The molecule has 0 radical (unpaired) electrons. The average Bonchev–Trinajstić information content (AvgIpc) is 2.89. The van der Waals surface area contributed by atoms with Crippen LogP contribution in [-0.2, 0) is 9.59 Å². The lowest BCUT2D eigenvalue weighted by atomic mass is 9.89. The third-order valence-electron chi connectivity index (χ3n) is 3.66. The second kappa shape index (κ2) is 6.05. The Kier molecular flexibility index (Phi) is 4.39. The third kappa shape index (κ3) is 3.36. The van der Waals surface area contributed by atoms with Crippen LogP contribution in [0.5, 0.6) is 0 Å². The van der Waals surface area contributed by atoms with E-state index in [-0.39, 0.29) is 17.2 Å². The Morgan fingerprint density at radius 3 is 2.30 bits per heavy atom. The van der Waals surface area contributed by atoms with Gasteiger partial charge in [-0.25, -0.2) is 0 Å². The lowest BCUT2D eigenvalue weighted by Gasteiger charge is -2.21. The Bertz CT molecular complexity index is 490. The number of hydrogen-bond acceptors (Lipinski definition) is 3. The molecule has 1 aromatic carbocycles. The molecular formula is C15H21N3O2. The highest BCUT2D eigenvalue weighted by atomic mass is 16.2. The molecule has 1 aliphatic heterocycles. The second-order valence-electron chi connectivity index (χ2n) is 5.42. The maximum absolute atomic E-state index is 12.2. The van der Waals surface area contributed by atoms with Crippen molar-refractivity contribution >= 4 is 23.2 Å². The molecule has 108 valence electrons. The van der Waals surface area contributed by atoms with Gasteiger partial charge in [0.25, 0.3) is 0 Å². The monoisotopic (exact) mass is 275 g/mol. The zero-order valence-electron chi connectivity index (χ0n) is 12.0. The first-order valence-corrected chi connectivity index (χ1v) is 6.95. The summed E-state index contributed by atoms with van der Waals surface area (Å²) in [7, 11) is 0. The van der Waals surface area contributed by atoms with Crippen LogP contribution in [0, 0.1) is 5.41 Å². The van der Waals surface area contributed by atoms with Crippen LogP contribution in [0.1, 0.15) is 26.7 Å². The summed E-state index contributed by atoms with van der Waals surface area (Å²) >= 11 is 0. The van der Waals surface area contributed by atoms with Crippen LogP contribution in [0.4, 0.5) is 11.4 Å². The fourth-order valence-corrected chi connectivity index (χ4v) is 2.18. The van der Waals surface area contributed by atoms with Crippen molar-refractivity contribution in [1.29, 1.82) is 0 Å². The Morgan fingerprint density at radius 2 is 1.80 bits per heavy atom. The predicted molar refractivity (Wildman–Crippen MR) is 79.6 cm³/mol. The van der Waals surface area contributed by atoms with E-state index in [0.717, 1.165) is 24.3 Å². The minimum absolute atomic E-state index is 0.0219. The van der Waals surface area contributed by atoms with E-state index < -0.39 is 0 Å². The number of anilines is 2. The van der Waals surface area contributed by atoms with Crippen molar-refractivity contribution in [2.75, 3.05) is 23.7 Å². The van der Waals surface area contributed by atoms with Gasteiger partial charge in [-0.2, -0.15) is 0 Å². The fraction of sp³-hybridized carbons (Fsp3) is 0.467. The van der Waals surface area contributed by atoms with Crippen molar-refractivity contribution in [3.05, 3.63) is 24.3 Å². The van der Waals surface area contributed by atoms with Crippen LogP contribution in [0.25, 0.3) is 0 Å². The largest absolute Gasteiger partial charge is 0.326 e. The number of nitrogens with one attached hydrogen (secondary N) is 3. The van der Waals surface area contributed by atoms with E-state index in [1.54, 1.807) is 31.2 Å². The van der Waals surface area contributed by atoms with Gasteiger partial charge in [0.05, 0.1) is 5.41 Å². The molecule has 20 heavy (non-hydrogen) atoms. The minimum atomic E-state index is -0.338. The van der Waals surface area contributed by atoms with Crippen LogP contribution in [-0.4, -0.2) is 24.9 Å². The molecule has 1 unspecified atom stereocenters. The molecule has 2 rings (SSSR count). The van der Waals surface area contributed by atoms with Crippen LogP contribution < -0.4 is 16.0 Å². The van der Waals surface area contributed by atoms with E-state index in [2.05, 4.69) is 16.0 Å². The summed E-state index contributed by atoms with van der Waals surface area (Å²) in [6, 6.07) is 7.18. The van der Waals surface area contributed by atoms with Gasteiger partial charge in [-0.05, 0) is 44.2 Å². The molecule has 5 nitrogen and oxygen atoms in total. The molecule has 1 fully saturated rings. The van der Waals surface area contributed by atoms with Crippen LogP contribution in [0.2, 0.25) is 0 Å². The first-order valence-electron chi connectivity index (χ1n) is 6.95. The van der Waals surface area contributed by atoms with Crippen LogP contribution in [0.15, 0.2) is 24.3 Å².